The number of carbonyl (C=O) groups excluding carboxylic acids is 3. The van der Waals surface area contributed by atoms with E-state index >= 15 is 0 Å². The highest BCUT2D eigenvalue weighted by molar-refractivity contribution is 6.35. The van der Waals surface area contributed by atoms with Crippen LogP contribution in [0.3, 0.4) is 0 Å². The van der Waals surface area contributed by atoms with Crippen LogP contribution in [-0.2, 0) is 4.79 Å². The van der Waals surface area contributed by atoms with Crippen LogP contribution in [-0.4, -0.2) is 53.8 Å². The molecule has 0 saturated carbocycles. The van der Waals surface area contributed by atoms with Crippen molar-refractivity contribution in [1.29, 1.82) is 0 Å². The molecule has 3 aromatic rings. The van der Waals surface area contributed by atoms with E-state index in [2.05, 4.69) is 39.7 Å². The van der Waals surface area contributed by atoms with Gasteiger partial charge in [0, 0.05) is 41.3 Å². The number of aromatic amines is 1. The Morgan fingerprint density at radius 2 is 1.73 bits per heavy atom. The molecule has 4 N–H and O–H groups in total. The van der Waals surface area contributed by atoms with Crippen molar-refractivity contribution in [2.45, 2.75) is 27.7 Å². The first-order valence-electron chi connectivity index (χ1n) is 12.6. The van der Waals surface area contributed by atoms with Gasteiger partial charge in [-0.1, -0.05) is 38.1 Å². The van der Waals surface area contributed by atoms with Crippen LogP contribution in [0.2, 0.25) is 0 Å². The molecule has 0 atom stereocenters. The summed E-state index contributed by atoms with van der Waals surface area (Å²) in [7, 11) is 0. The minimum absolute atomic E-state index is 0.127. The Morgan fingerprint density at radius 1 is 1.00 bits per heavy atom. The number of H-pyrrole nitrogens is 1. The number of nitrogens with zero attached hydrogens (tertiary/aromatic N) is 1. The van der Waals surface area contributed by atoms with Gasteiger partial charge >= 0.3 is 0 Å². The fraction of sp³-hybridized carbons (Fsp3) is 0.276. The highest BCUT2D eigenvalue weighted by Gasteiger charge is 2.26. The maximum atomic E-state index is 12.9. The number of amides is 3. The molecule has 37 heavy (non-hydrogen) atoms. The van der Waals surface area contributed by atoms with Crippen molar-refractivity contribution in [3.8, 4) is 0 Å². The molecule has 2 heterocycles. The summed E-state index contributed by atoms with van der Waals surface area (Å²) in [4.78, 5) is 43.7. The molecule has 0 aliphatic carbocycles. The number of aryl methyl sites for hydroxylation is 1. The molecule has 192 valence electrons. The molecule has 8 heteroatoms. The van der Waals surface area contributed by atoms with Gasteiger partial charge < -0.3 is 25.8 Å². The lowest BCUT2D eigenvalue weighted by atomic mass is 10.0. The van der Waals surface area contributed by atoms with E-state index in [9.17, 15) is 14.4 Å². The Labute approximate surface area is 217 Å². The topological polar surface area (TPSA) is 106 Å². The maximum absolute atomic E-state index is 12.9. The van der Waals surface area contributed by atoms with Crippen molar-refractivity contribution in [2.24, 2.45) is 0 Å². The number of rotatable bonds is 9. The second-order valence-corrected chi connectivity index (χ2v) is 9.04. The maximum Gasteiger partial charge on any atom is 0.256 e. The molecule has 1 aliphatic heterocycles. The highest BCUT2D eigenvalue weighted by Crippen LogP contribution is 2.36. The molecule has 0 fully saturated rings. The fourth-order valence-electron chi connectivity index (χ4n) is 4.57. The molecule has 1 aliphatic rings. The number of hydrogen-bond acceptors (Lipinski definition) is 4. The third-order valence-corrected chi connectivity index (χ3v) is 6.70. The van der Waals surface area contributed by atoms with Crippen molar-refractivity contribution in [2.75, 3.05) is 36.8 Å². The molecular weight excluding hydrogens is 466 g/mol. The summed E-state index contributed by atoms with van der Waals surface area (Å²) < 4.78 is 0. The van der Waals surface area contributed by atoms with Gasteiger partial charge in [0.05, 0.1) is 16.8 Å². The molecule has 8 nitrogen and oxygen atoms in total. The van der Waals surface area contributed by atoms with Crippen LogP contribution in [0.25, 0.3) is 11.6 Å². The molecule has 4 rings (SSSR count). The Kier molecular flexibility index (Phi) is 7.89. The Balaban J connectivity index is 1.52. The summed E-state index contributed by atoms with van der Waals surface area (Å²) in [6, 6.07) is 14.3. The first-order valence-corrected chi connectivity index (χ1v) is 12.6. The second kappa shape index (κ2) is 11.3. The smallest absolute Gasteiger partial charge is 0.256 e. The van der Waals surface area contributed by atoms with Crippen molar-refractivity contribution >= 4 is 40.7 Å². The van der Waals surface area contributed by atoms with E-state index in [-0.39, 0.29) is 17.7 Å². The van der Waals surface area contributed by atoms with Gasteiger partial charge in [-0.3, -0.25) is 14.4 Å². The predicted molar refractivity (Wildman–Crippen MR) is 148 cm³/mol. The van der Waals surface area contributed by atoms with Crippen LogP contribution in [0.4, 0.5) is 11.4 Å². The monoisotopic (exact) mass is 499 g/mol. The van der Waals surface area contributed by atoms with Crippen LogP contribution in [0.1, 0.15) is 57.1 Å². The van der Waals surface area contributed by atoms with E-state index in [1.165, 1.54) is 0 Å². The third kappa shape index (κ3) is 5.65. The van der Waals surface area contributed by atoms with Gasteiger partial charge in [-0.05, 0) is 62.8 Å². The molecule has 0 spiro atoms. The van der Waals surface area contributed by atoms with Crippen LogP contribution >= 0.6 is 0 Å². The summed E-state index contributed by atoms with van der Waals surface area (Å²) in [6.45, 7) is 11.2. The summed E-state index contributed by atoms with van der Waals surface area (Å²) >= 11 is 0. The summed E-state index contributed by atoms with van der Waals surface area (Å²) in [5.41, 5.74) is 5.85. The van der Waals surface area contributed by atoms with Crippen LogP contribution in [0.15, 0.2) is 48.5 Å². The predicted octanol–water partition coefficient (Wildman–Crippen LogP) is 4.45. The van der Waals surface area contributed by atoms with Gasteiger partial charge in [0.1, 0.15) is 0 Å². The zero-order valence-corrected chi connectivity index (χ0v) is 21.7. The third-order valence-electron chi connectivity index (χ3n) is 6.70. The minimum Gasteiger partial charge on any atom is -0.358 e. The number of fused-ring (bicyclic) bond motifs is 1. The molecule has 0 radical (unpaired) electrons. The summed E-state index contributed by atoms with van der Waals surface area (Å²) in [6.07, 6.45) is 1.78. The van der Waals surface area contributed by atoms with Crippen LogP contribution in [0, 0.1) is 13.8 Å². The van der Waals surface area contributed by atoms with E-state index in [1.807, 2.05) is 26.0 Å². The van der Waals surface area contributed by atoms with E-state index in [0.29, 0.717) is 40.3 Å². The van der Waals surface area contributed by atoms with E-state index in [0.717, 1.165) is 36.5 Å². The number of carbonyl (C=O) groups is 3. The first-order chi connectivity index (χ1) is 17.8. The van der Waals surface area contributed by atoms with Crippen LogP contribution < -0.4 is 16.0 Å². The van der Waals surface area contributed by atoms with Gasteiger partial charge in [-0.25, -0.2) is 0 Å². The van der Waals surface area contributed by atoms with Gasteiger partial charge in [0.25, 0.3) is 17.7 Å². The average Bonchev–Trinajstić information content (AvgIpc) is 3.36. The number of benzene rings is 2. The molecule has 3 amide bonds. The largest absolute Gasteiger partial charge is 0.358 e. The second-order valence-electron chi connectivity index (χ2n) is 9.04. The van der Waals surface area contributed by atoms with Crippen molar-refractivity contribution < 1.29 is 14.4 Å². The van der Waals surface area contributed by atoms with Crippen molar-refractivity contribution in [3.05, 3.63) is 82.2 Å². The molecule has 0 saturated heterocycles. The Morgan fingerprint density at radius 3 is 2.43 bits per heavy atom. The summed E-state index contributed by atoms with van der Waals surface area (Å²) in [5.74, 6) is -0.586. The SMILES string of the molecule is CCN(CC)CCNC(=O)c1c(C)[nH]c(/C=C2\C(=O)Nc3cc(NC(=O)c4ccccc4)ccc32)c1C. The van der Waals surface area contributed by atoms with Crippen molar-refractivity contribution in [3.63, 3.8) is 0 Å². The molecule has 2 aromatic carbocycles. The number of nitrogens with one attached hydrogen (secondary N) is 4. The minimum atomic E-state index is -0.238. The van der Waals surface area contributed by atoms with E-state index in [1.54, 1.807) is 42.5 Å². The van der Waals surface area contributed by atoms with Gasteiger partial charge in [-0.15, -0.1) is 0 Å². The summed E-state index contributed by atoms with van der Waals surface area (Å²) in [5, 5.41) is 8.75. The highest BCUT2D eigenvalue weighted by atomic mass is 16.2. The first kappa shape index (κ1) is 25.9. The number of hydrogen-bond donors (Lipinski definition) is 4. The number of anilines is 2. The molecule has 0 unspecified atom stereocenters. The molecule has 0 bridgehead atoms. The Bertz CT molecular complexity index is 1350. The van der Waals surface area contributed by atoms with E-state index in [4.69, 9.17) is 0 Å². The molecule has 1 aromatic heterocycles. The van der Waals surface area contributed by atoms with Crippen LogP contribution in [0.5, 0.6) is 0 Å². The number of aromatic nitrogens is 1. The van der Waals surface area contributed by atoms with Gasteiger partial charge in [0.15, 0.2) is 0 Å². The Hall–Kier alpha value is -4.17. The lowest BCUT2D eigenvalue weighted by Gasteiger charge is -2.18. The fourth-order valence-corrected chi connectivity index (χ4v) is 4.57. The lowest BCUT2D eigenvalue weighted by Crippen LogP contribution is -2.35. The normalized spacial score (nSPS) is 13.5. The van der Waals surface area contributed by atoms with Gasteiger partial charge in [0.2, 0.25) is 0 Å². The quantitative estimate of drug-likeness (QED) is 0.327. The standard InChI is InChI=1S/C29H33N5O3/c1-5-34(6-2)15-14-30-29(37)26-18(3)24(31-19(26)4)17-23-22-13-12-21(16-25(22)33-28(23)36)32-27(35)20-10-8-7-9-11-20/h7-13,16-17,31H,5-6,14-15H2,1-4H3,(H,30,37)(H,32,35)(H,33,36)/b23-17-. The zero-order chi connectivity index (χ0) is 26.5. The zero-order valence-electron chi connectivity index (χ0n) is 21.7. The van der Waals surface area contributed by atoms with Gasteiger partial charge in [-0.2, -0.15) is 0 Å². The lowest BCUT2D eigenvalue weighted by molar-refractivity contribution is -0.110. The van der Waals surface area contributed by atoms with Crippen molar-refractivity contribution in [1.82, 2.24) is 15.2 Å². The molecular formula is C29H33N5O3. The van der Waals surface area contributed by atoms with E-state index < -0.39 is 0 Å². The average molecular weight is 500 g/mol. The number of likely N-dealkylation sites (N-methyl/N-ethyl adjacent to an activating group) is 1.